The molecule has 0 aromatic rings. The summed E-state index contributed by atoms with van der Waals surface area (Å²) in [6, 6.07) is 0. The van der Waals surface area contributed by atoms with Crippen LogP contribution in [0.4, 0.5) is 0 Å². The summed E-state index contributed by atoms with van der Waals surface area (Å²) in [7, 11) is 0. The van der Waals surface area contributed by atoms with E-state index < -0.39 is 6.10 Å². The molecule has 0 bridgehead atoms. The van der Waals surface area contributed by atoms with Crippen molar-refractivity contribution in [1.82, 2.24) is 0 Å². The lowest BCUT2D eigenvalue weighted by Crippen LogP contribution is -2.30. The third kappa shape index (κ3) is 59.0. The molecule has 0 aromatic heterocycles. The minimum atomic E-state index is -0.764. The molecule has 0 aliphatic heterocycles. The Morgan fingerprint density at radius 2 is 0.458 bits per heavy atom. The van der Waals surface area contributed by atoms with Crippen molar-refractivity contribution in [2.45, 2.75) is 380 Å². The van der Waals surface area contributed by atoms with Gasteiger partial charge in [0.1, 0.15) is 13.2 Å². The van der Waals surface area contributed by atoms with Crippen LogP contribution in [0.3, 0.4) is 0 Å². The van der Waals surface area contributed by atoms with Crippen molar-refractivity contribution in [1.29, 1.82) is 0 Å². The number of ether oxygens (including phenoxy) is 3. The third-order valence-corrected chi connectivity index (χ3v) is 15.0. The Bertz CT molecular complexity index is 1120. The lowest BCUT2D eigenvalue weighted by Gasteiger charge is -2.18. The summed E-state index contributed by atoms with van der Waals surface area (Å²) in [5.41, 5.74) is 0. The number of esters is 3. The summed E-state index contributed by atoms with van der Waals surface area (Å²) >= 11 is 0. The van der Waals surface area contributed by atoms with Crippen molar-refractivity contribution in [2.75, 3.05) is 13.2 Å². The quantitative estimate of drug-likeness (QED) is 0.0261. The van der Waals surface area contributed by atoms with Crippen LogP contribution in [0.1, 0.15) is 374 Å². The fourth-order valence-corrected chi connectivity index (χ4v) is 10.1. The Balaban J connectivity index is 4.19. The summed E-state index contributed by atoms with van der Waals surface area (Å²) in [5.74, 6) is -0.833. The van der Waals surface area contributed by atoms with Crippen molar-refractivity contribution >= 4 is 17.9 Å². The highest BCUT2D eigenvalue weighted by molar-refractivity contribution is 5.71. The highest BCUT2D eigenvalue weighted by Gasteiger charge is 2.19. The zero-order valence-electron chi connectivity index (χ0n) is 49.0. The molecule has 0 rings (SSSR count). The molecule has 0 spiro atoms. The summed E-state index contributed by atoms with van der Waals surface area (Å²) in [6.45, 7) is 6.71. The van der Waals surface area contributed by atoms with Gasteiger partial charge in [0.2, 0.25) is 0 Å². The maximum Gasteiger partial charge on any atom is 0.306 e. The number of hydrogen-bond acceptors (Lipinski definition) is 6. The first-order valence-corrected chi connectivity index (χ1v) is 32.7. The van der Waals surface area contributed by atoms with E-state index in [1.165, 1.54) is 276 Å². The Kier molecular flexibility index (Phi) is 60.1. The predicted octanol–water partition coefficient (Wildman–Crippen LogP) is 22.1. The molecule has 72 heavy (non-hydrogen) atoms. The van der Waals surface area contributed by atoms with Gasteiger partial charge in [0.25, 0.3) is 0 Å². The van der Waals surface area contributed by atoms with Crippen molar-refractivity contribution in [2.24, 2.45) is 0 Å². The van der Waals surface area contributed by atoms with Crippen molar-refractivity contribution in [3.05, 3.63) is 12.2 Å². The number of allylic oxidation sites excluding steroid dienone is 2. The van der Waals surface area contributed by atoms with E-state index in [4.69, 9.17) is 14.2 Å². The highest BCUT2D eigenvalue weighted by Crippen LogP contribution is 2.18. The number of unbranched alkanes of at least 4 members (excludes halogenated alkanes) is 48. The van der Waals surface area contributed by atoms with E-state index in [1.807, 2.05) is 0 Å². The van der Waals surface area contributed by atoms with Crippen LogP contribution in [0.25, 0.3) is 0 Å². The molecule has 0 heterocycles. The molecule has 0 saturated heterocycles. The molecule has 0 radical (unpaired) electrons. The normalized spacial score (nSPS) is 12.0. The van der Waals surface area contributed by atoms with Crippen LogP contribution in [0.5, 0.6) is 0 Å². The van der Waals surface area contributed by atoms with E-state index in [9.17, 15) is 14.4 Å². The fraction of sp³-hybridized carbons (Fsp3) is 0.924. The molecule has 426 valence electrons. The number of hydrogen-bond donors (Lipinski definition) is 0. The Morgan fingerprint density at radius 3 is 0.694 bits per heavy atom. The monoisotopic (exact) mass is 1010 g/mol. The third-order valence-electron chi connectivity index (χ3n) is 15.0. The molecule has 0 aliphatic carbocycles. The Labute approximate surface area is 450 Å². The molecule has 1 unspecified atom stereocenters. The van der Waals surface area contributed by atoms with Gasteiger partial charge >= 0.3 is 17.9 Å². The van der Waals surface area contributed by atoms with E-state index in [-0.39, 0.29) is 31.1 Å². The summed E-state index contributed by atoms with van der Waals surface area (Å²) in [5, 5.41) is 0. The van der Waals surface area contributed by atoms with Crippen LogP contribution in [-0.4, -0.2) is 37.2 Å². The minimum Gasteiger partial charge on any atom is -0.462 e. The van der Waals surface area contributed by atoms with E-state index >= 15 is 0 Å². The van der Waals surface area contributed by atoms with Gasteiger partial charge in [0.05, 0.1) is 0 Å². The molecule has 1 atom stereocenters. The molecule has 0 aromatic carbocycles. The Morgan fingerprint density at radius 1 is 0.264 bits per heavy atom. The lowest BCUT2D eigenvalue weighted by atomic mass is 10.0. The molecule has 0 aliphatic rings. The summed E-state index contributed by atoms with van der Waals surface area (Å²) in [6.07, 6.45) is 72.3. The number of carbonyl (C=O) groups is 3. The van der Waals surface area contributed by atoms with Gasteiger partial charge in [-0.05, 0) is 44.9 Å². The van der Waals surface area contributed by atoms with Gasteiger partial charge in [-0.25, -0.2) is 0 Å². The van der Waals surface area contributed by atoms with Gasteiger partial charge in [0.15, 0.2) is 6.10 Å². The molecule has 0 fully saturated rings. The lowest BCUT2D eigenvalue weighted by molar-refractivity contribution is -0.167. The smallest absolute Gasteiger partial charge is 0.306 e. The SMILES string of the molecule is CCCCCCCCCC/C=C\CCCCCCCCCCCCCCCC(=O)OCC(COC(=O)CCCCCCCCCCCCCC)OC(=O)CCCCCCCCCCCCCCCCCCC. The van der Waals surface area contributed by atoms with Crippen LogP contribution in [0, 0.1) is 0 Å². The maximum absolute atomic E-state index is 12.9. The summed E-state index contributed by atoms with van der Waals surface area (Å²) in [4.78, 5) is 38.3. The molecule has 0 N–H and O–H groups in total. The second kappa shape index (κ2) is 61.7. The van der Waals surface area contributed by atoms with Crippen LogP contribution in [-0.2, 0) is 28.6 Å². The van der Waals surface area contributed by atoms with Crippen molar-refractivity contribution in [3.8, 4) is 0 Å². The molecular weight excluding hydrogens is 889 g/mol. The van der Waals surface area contributed by atoms with E-state index in [2.05, 4.69) is 32.9 Å². The second-order valence-electron chi connectivity index (χ2n) is 22.4. The van der Waals surface area contributed by atoms with E-state index in [1.54, 1.807) is 0 Å². The predicted molar refractivity (Wildman–Crippen MR) is 312 cm³/mol. The second-order valence-corrected chi connectivity index (χ2v) is 22.4. The van der Waals surface area contributed by atoms with Gasteiger partial charge in [-0.3, -0.25) is 14.4 Å². The van der Waals surface area contributed by atoms with E-state index in [0.717, 1.165) is 57.8 Å². The molecule has 0 saturated carbocycles. The van der Waals surface area contributed by atoms with Crippen molar-refractivity contribution < 1.29 is 28.6 Å². The van der Waals surface area contributed by atoms with Gasteiger partial charge in [-0.1, -0.05) is 322 Å². The van der Waals surface area contributed by atoms with Gasteiger partial charge in [0, 0.05) is 19.3 Å². The first-order valence-electron chi connectivity index (χ1n) is 32.7. The maximum atomic E-state index is 12.9. The minimum absolute atomic E-state index is 0.0630. The average Bonchev–Trinajstić information content (AvgIpc) is 3.38. The van der Waals surface area contributed by atoms with Gasteiger partial charge < -0.3 is 14.2 Å². The van der Waals surface area contributed by atoms with Gasteiger partial charge in [-0.2, -0.15) is 0 Å². The largest absolute Gasteiger partial charge is 0.462 e. The fourth-order valence-electron chi connectivity index (χ4n) is 10.1. The first kappa shape index (κ1) is 70.1. The van der Waals surface area contributed by atoms with Crippen LogP contribution < -0.4 is 0 Å². The zero-order chi connectivity index (χ0) is 52.2. The topological polar surface area (TPSA) is 78.9 Å². The molecule has 6 nitrogen and oxygen atoms in total. The molecule has 0 amide bonds. The Hall–Kier alpha value is -1.85. The van der Waals surface area contributed by atoms with Crippen LogP contribution >= 0.6 is 0 Å². The molecular formula is C66H126O6. The zero-order valence-corrected chi connectivity index (χ0v) is 49.0. The highest BCUT2D eigenvalue weighted by atomic mass is 16.6. The number of rotatable bonds is 61. The van der Waals surface area contributed by atoms with Crippen molar-refractivity contribution in [3.63, 3.8) is 0 Å². The summed E-state index contributed by atoms with van der Waals surface area (Å²) < 4.78 is 16.9. The molecule has 6 heteroatoms. The van der Waals surface area contributed by atoms with Crippen LogP contribution in [0.2, 0.25) is 0 Å². The van der Waals surface area contributed by atoms with Gasteiger partial charge in [-0.15, -0.1) is 0 Å². The first-order chi connectivity index (χ1) is 35.5. The van der Waals surface area contributed by atoms with E-state index in [0.29, 0.717) is 19.3 Å². The number of carbonyl (C=O) groups excluding carboxylic acids is 3. The van der Waals surface area contributed by atoms with Crippen LogP contribution in [0.15, 0.2) is 12.2 Å². The average molecular weight is 1020 g/mol. The standard InChI is InChI=1S/C66H126O6/c1-4-7-10-13-16-19-22-25-27-29-30-31-32-33-34-35-36-38-39-41-44-47-50-53-56-59-65(68)71-62-63(61-70-64(67)58-55-52-49-46-43-24-21-18-15-12-9-6-3)72-66(69)60-57-54-51-48-45-42-40-37-28-26-23-20-17-14-11-8-5-2/h29-30,63H,4-28,31-62H2,1-3H3/b30-29-.